The fourth-order valence-electron chi connectivity index (χ4n) is 4.94. The second-order valence-electron chi connectivity index (χ2n) is 10.2. The first-order valence-corrected chi connectivity index (χ1v) is 11.7. The molecule has 33 heavy (non-hydrogen) atoms. The van der Waals surface area contributed by atoms with Crippen molar-refractivity contribution in [2.45, 2.75) is 58.8 Å². The van der Waals surface area contributed by atoms with E-state index in [2.05, 4.69) is 0 Å². The van der Waals surface area contributed by atoms with Crippen LogP contribution in [0.4, 0.5) is 9.18 Å². The predicted molar refractivity (Wildman–Crippen MR) is 122 cm³/mol. The van der Waals surface area contributed by atoms with E-state index in [0.29, 0.717) is 12.2 Å². The number of halogens is 2. The lowest BCUT2D eigenvalue weighted by molar-refractivity contribution is -0.158. The third kappa shape index (κ3) is 5.12. The van der Waals surface area contributed by atoms with Crippen LogP contribution in [0.1, 0.15) is 45.7 Å². The van der Waals surface area contributed by atoms with Gasteiger partial charge in [0, 0.05) is 42.1 Å². The van der Waals surface area contributed by atoms with Crippen LogP contribution in [-0.2, 0) is 19.9 Å². The molecule has 9 heteroatoms. The average molecular weight is 485 g/mol. The lowest BCUT2D eigenvalue weighted by Crippen LogP contribution is -2.62. The Balaban J connectivity index is 1.83. The number of carbonyl (C=O) groups excluding carboxylic acids is 2. The van der Waals surface area contributed by atoms with Gasteiger partial charge in [-0.25, -0.2) is 9.18 Å². The quantitative estimate of drug-likeness (QED) is 0.692. The summed E-state index contributed by atoms with van der Waals surface area (Å²) >= 11 is 5.98. The molecule has 0 radical (unpaired) electrons. The van der Waals surface area contributed by atoms with E-state index in [1.54, 1.807) is 52.5 Å². The van der Waals surface area contributed by atoms with Gasteiger partial charge in [0.1, 0.15) is 23.1 Å². The number of hydrogen-bond acceptors (Lipinski definition) is 5. The second-order valence-corrected chi connectivity index (χ2v) is 10.7. The summed E-state index contributed by atoms with van der Waals surface area (Å²) in [6.07, 6.45) is -0.558. The normalized spacial score (nSPS) is 28.6. The zero-order valence-electron chi connectivity index (χ0n) is 20.2. The van der Waals surface area contributed by atoms with Crippen LogP contribution in [0.25, 0.3) is 0 Å². The average Bonchev–Trinajstić information content (AvgIpc) is 2.69. The summed E-state index contributed by atoms with van der Waals surface area (Å²) in [5, 5.41) is 11.9. The van der Waals surface area contributed by atoms with E-state index in [1.807, 2.05) is 0 Å². The third-order valence-electron chi connectivity index (χ3n) is 6.50. The molecule has 0 bridgehead atoms. The standard InChI is InChI=1S/C24H34ClFN2O5/c1-14-9-17(25)10-18(26)20(14)24(31)15(2)11-27(12-16(24)3)21(29)19-13-32-8-7-28(19)22(30)33-23(4,5)6/h9-10,15-16,19,31H,7-8,11-13H2,1-6H3/t15-,16+,19-,24?/m0/s1. The fourth-order valence-corrected chi connectivity index (χ4v) is 5.20. The second kappa shape index (κ2) is 9.39. The number of ether oxygens (including phenoxy) is 2. The Bertz CT molecular complexity index is 884. The predicted octanol–water partition coefficient (Wildman–Crippen LogP) is 3.73. The summed E-state index contributed by atoms with van der Waals surface area (Å²) in [5.41, 5.74) is -1.37. The van der Waals surface area contributed by atoms with Crippen molar-refractivity contribution in [1.29, 1.82) is 0 Å². The van der Waals surface area contributed by atoms with Gasteiger partial charge in [0.25, 0.3) is 0 Å². The summed E-state index contributed by atoms with van der Waals surface area (Å²) in [5.74, 6) is -1.74. The minimum absolute atomic E-state index is 0.0759. The minimum atomic E-state index is -1.47. The maximum Gasteiger partial charge on any atom is 0.411 e. The first kappa shape index (κ1) is 25.7. The molecule has 7 nitrogen and oxygen atoms in total. The number of piperidine rings is 1. The van der Waals surface area contributed by atoms with Crippen LogP contribution < -0.4 is 0 Å². The van der Waals surface area contributed by atoms with Gasteiger partial charge in [0.15, 0.2) is 0 Å². The van der Waals surface area contributed by atoms with Gasteiger partial charge in [-0.2, -0.15) is 0 Å². The zero-order chi connectivity index (χ0) is 24.7. The molecule has 1 N–H and O–H groups in total. The molecular formula is C24H34ClFN2O5. The van der Waals surface area contributed by atoms with Gasteiger partial charge in [-0.05, 0) is 45.4 Å². The Morgan fingerprint density at radius 1 is 1.24 bits per heavy atom. The van der Waals surface area contributed by atoms with Crippen molar-refractivity contribution in [2.24, 2.45) is 11.8 Å². The number of morpholine rings is 1. The SMILES string of the molecule is Cc1cc(Cl)cc(F)c1C1(O)[C@H](C)CN(C(=O)[C@@H]2COCCN2C(=O)OC(C)(C)C)C[C@@H]1C. The molecule has 1 aromatic carbocycles. The summed E-state index contributed by atoms with van der Waals surface area (Å²) < 4.78 is 25.9. The van der Waals surface area contributed by atoms with E-state index < -0.39 is 41.0 Å². The van der Waals surface area contributed by atoms with Gasteiger partial charge in [0.2, 0.25) is 5.91 Å². The lowest BCUT2D eigenvalue weighted by Gasteiger charge is -2.49. The molecule has 0 aromatic heterocycles. The number of benzene rings is 1. The molecule has 1 aromatic rings. The Morgan fingerprint density at radius 3 is 2.39 bits per heavy atom. The Morgan fingerprint density at radius 2 is 1.85 bits per heavy atom. The van der Waals surface area contributed by atoms with Crippen molar-refractivity contribution < 1.29 is 28.6 Å². The maximum absolute atomic E-state index is 14.9. The van der Waals surface area contributed by atoms with Gasteiger partial charge in [-0.1, -0.05) is 25.4 Å². The summed E-state index contributed by atoms with van der Waals surface area (Å²) in [7, 11) is 0. The number of aliphatic hydroxyl groups is 1. The number of aryl methyl sites for hydroxylation is 1. The summed E-state index contributed by atoms with van der Waals surface area (Å²) in [6, 6.07) is 2.03. The number of hydrogen-bond donors (Lipinski definition) is 1. The molecule has 0 aliphatic carbocycles. The van der Waals surface area contributed by atoms with Crippen LogP contribution in [0, 0.1) is 24.6 Å². The monoisotopic (exact) mass is 484 g/mol. The summed E-state index contributed by atoms with van der Waals surface area (Å²) in [6.45, 7) is 11.7. The fraction of sp³-hybridized carbons (Fsp3) is 0.667. The first-order valence-electron chi connectivity index (χ1n) is 11.3. The molecule has 184 valence electrons. The highest BCUT2D eigenvalue weighted by Gasteiger charge is 2.50. The molecule has 1 unspecified atom stereocenters. The highest BCUT2D eigenvalue weighted by Crippen LogP contribution is 2.44. The molecule has 2 saturated heterocycles. The van der Waals surface area contributed by atoms with E-state index in [0.717, 1.165) is 0 Å². The first-order chi connectivity index (χ1) is 15.3. The van der Waals surface area contributed by atoms with Gasteiger partial charge < -0.3 is 19.5 Å². The molecule has 2 fully saturated rings. The maximum atomic E-state index is 14.9. The smallest absolute Gasteiger partial charge is 0.411 e. The van der Waals surface area contributed by atoms with Crippen molar-refractivity contribution in [2.75, 3.05) is 32.8 Å². The zero-order valence-corrected chi connectivity index (χ0v) is 20.9. The summed E-state index contributed by atoms with van der Waals surface area (Å²) in [4.78, 5) is 29.2. The molecular weight excluding hydrogens is 451 g/mol. The molecule has 4 atom stereocenters. The van der Waals surface area contributed by atoms with Crippen molar-refractivity contribution in [3.05, 3.63) is 34.1 Å². The Labute approximate surface area is 199 Å². The minimum Gasteiger partial charge on any atom is -0.444 e. The number of nitrogens with zero attached hydrogens (tertiary/aromatic N) is 2. The molecule has 2 amide bonds. The molecule has 2 aliphatic heterocycles. The molecule has 2 aliphatic rings. The number of amides is 2. The van der Waals surface area contributed by atoms with E-state index in [4.69, 9.17) is 21.1 Å². The van der Waals surface area contributed by atoms with E-state index in [1.165, 1.54) is 11.0 Å². The Hall–Kier alpha value is -1.90. The van der Waals surface area contributed by atoms with Crippen molar-refractivity contribution in [3.8, 4) is 0 Å². The highest BCUT2D eigenvalue weighted by molar-refractivity contribution is 6.30. The van der Waals surface area contributed by atoms with Crippen LogP contribution in [0.5, 0.6) is 0 Å². The van der Waals surface area contributed by atoms with Crippen LogP contribution in [-0.4, -0.2) is 71.4 Å². The molecule has 0 spiro atoms. The number of likely N-dealkylation sites (tertiary alicyclic amines) is 1. The third-order valence-corrected chi connectivity index (χ3v) is 6.72. The van der Waals surface area contributed by atoms with Crippen molar-refractivity contribution >= 4 is 23.6 Å². The van der Waals surface area contributed by atoms with Crippen LogP contribution in [0.15, 0.2) is 12.1 Å². The van der Waals surface area contributed by atoms with E-state index in [-0.39, 0.29) is 42.7 Å². The van der Waals surface area contributed by atoms with Crippen LogP contribution >= 0.6 is 11.6 Å². The lowest BCUT2D eigenvalue weighted by atomic mass is 9.69. The Kier molecular flexibility index (Phi) is 7.32. The van der Waals surface area contributed by atoms with Crippen LogP contribution in [0.2, 0.25) is 5.02 Å². The number of rotatable bonds is 2. The molecule has 2 heterocycles. The number of carbonyl (C=O) groups is 2. The van der Waals surface area contributed by atoms with Crippen molar-refractivity contribution in [1.82, 2.24) is 9.80 Å². The van der Waals surface area contributed by atoms with Crippen molar-refractivity contribution in [3.63, 3.8) is 0 Å². The van der Waals surface area contributed by atoms with Crippen LogP contribution in [0.3, 0.4) is 0 Å². The van der Waals surface area contributed by atoms with E-state index in [9.17, 15) is 19.1 Å². The van der Waals surface area contributed by atoms with Gasteiger partial charge in [-0.15, -0.1) is 0 Å². The topological polar surface area (TPSA) is 79.3 Å². The van der Waals surface area contributed by atoms with Gasteiger partial charge >= 0.3 is 6.09 Å². The largest absolute Gasteiger partial charge is 0.444 e. The van der Waals surface area contributed by atoms with Gasteiger partial charge in [-0.3, -0.25) is 9.69 Å². The van der Waals surface area contributed by atoms with Gasteiger partial charge in [0.05, 0.1) is 13.2 Å². The molecule has 3 rings (SSSR count). The van der Waals surface area contributed by atoms with E-state index >= 15 is 0 Å². The highest BCUT2D eigenvalue weighted by atomic mass is 35.5. The molecule has 0 saturated carbocycles.